The van der Waals surface area contributed by atoms with Crippen molar-refractivity contribution >= 4 is 11.6 Å². The molecule has 5 nitrogen and oxygen atoms in total. The van der Waals surface area contributed by atoms with E-state index in [0.717, 1.165) is 43.7 Å². The van der Waals surface area contributed by atoms with Crippen LogP contribution < -0.4 is 10.1 Å². The quantitative estimate of drug-likeness (QED) is 0.693. The van der Waals surface area contributed by atoms with Crippen molar-refractivity contribution in [3.63, 3.8) is 0 Å². The summed E-state index contributed by atoms with van der Waals surface area (Å²) in [5.41, 5.74) is 0.110. The average molecular weight is 389 g/mol. The molecule has 156 valence electrons. The molecular weight excluding hydrogens is 352 g/mol. The van der Waals surface area contributed by atoms with E-state index in [0.29, 0.717) is 12.6 Å². The van der Waals surface area contributed by atoms with Crippen LogP contribution in [0, 0.1) is 0 Å². The smallest absolute Gasteiger partial charge is 0.256 e. The number of likely N-dealkylation sites (tertiary alicyclic amines) is 1. The molecule has 0 aromatic heterocycles. The van der Waals surface area contributed by atoms with Gasteiger partial charge < -0.3 is 14.8 Å². The monoisotopic (exact) mass is 388 g/mol. The zero-order valence-corrected chi connectivity index (χ0v) is 17.5. The fraction of sp³-hybridized carbons (Fsp3) is 0.696. The van der Waals surface area contributed by atoms with Gasteiger partial charge >= 0.3 is 0 Å². The van der Waals surface area contributed by atoms with Crippen molar-refractivity contribution in [2.45, 2.75) is 76.4 Å². The molecule has 5 heteroatoms. The molecule has 1 aromatic rings. The molecular formula is C23H36N2O3. The molecule has 1 saturated carbocycles. The Hall–Kier alpha value is -1.59. The van der Waals surface area contributed by atoms with E-state index < -0.39 is 5.60 Å². The number of carbonyl (C=O) groups is 1. The van der Waals surface area contributed by atoms with Gasteiger partial charge in [0.25, 0.3) is 5.91 Å². The molecule has 1 heterocycles. The highest BCUT2D eigenvalue weighted by Crippen LogP contribution is 2.31. The lowest BCUT2D eigenvalue weighted by molar-refractivity contribution is -0.139. The highest BCUT2D eigenvalue weighted by molar-refractivity contribution is 5.97. The maximum Gasteiger partial charge on any atom is 0.256 e. The van der Waals surface area contributed by atoms with Gasteiger partial charge in [0.2, 0.25) is 0 Å². The second-order valence-corrected chi connectivity index (χ2v) is 8.32. The fourth-order valence-electron chi connectivity index (χ4n) is 4.47. The number of nitrogens with one attached hydrogen (secondary N) is 1. The van der Waals surface area contributed by atoms with Crippen molar-refractivity contribution in [2.24, 2.45) is 0 Å². The van der Waals surface area contributed by atoms with E-state index >= 15 is 0 Å². The van der Waals surface area contributed by atoms with E-state index in [4.69, 9.17) is 9.47 Å². The van der Waals surface area contributed by atoms with Gasteiger partial charge in [-0.05, 0) is 63.4 Å². The van der Waals surface area contributed by atoms with E-state index in [9.17, 15) is 4.79 Å². The van der Waals surface area contributed by atoms with Gasteiger partial charge in [-0.2, -0.15) is 0 Å². The number of hydrogen-bond acceptors (Lipinski definition) is 4. The van der Waals surface area contributed by atoms with Gasteiger partial charge in [0.15, 0.2) is 0 Å². The predicted molar refractivity (Wildman–Crippen MR) is 113 cm³/mol. The van der Waals surface area contributed by atoms with Crippen molar-refractivity contribution < 1.29 is 14.3 Å². The molecule has 1 saturated heterocycles. The van der Waals surface area contributed by atoms with Gasteiger partial charge in [0.1, 0.15) is 18.0 Å². The Morgan fingerprint density at radius 3 is 2.46 bits per heavy atom. The highest BCUT2D eigenvalue weighted by atomic mass is 16.5. The summed E-state index contributed by atoms with van der Waals surface area (Å²) in [6, 6.07) is 8.35. The Balaban J connectivity index is 1.48. The van der Waals surface area contributed by atoms with E-state index in [2.05, 4.69) is 17.1 Å². The topological polar surface area (TPSA) is 50.8 Å². The first-order valence-electron chi connectivity index (χ1n) is 11.0. The summed E-state index contributed by atoms with van der Waals surface area (Å²) < 4.78 is 11.6. The average Bonchev–Trinajstić information content (AvgIpc) is 2.97. The molecule has 1 amide bonds. The number of piperidine rings is 1. The number of benzene rings is 1. The number of hydrogen-bond donors (Lipinski definition) is 1. The second kappa shape index (κ2) is 10.3. The summed E-state index contributed by atoms with van der Waals surface area (Å²) >= 11 is 0. The largest absolute Gasteiger partial charge is 0.492 e. The molecule has 2 aliphatic rings. The molecule has 3 rings (SSSR count). The molecule has 0 radical (unpaired) electrons. The highest BCUT2D eigenvalue weighted by Gasteiger charge is 2.38. The number of ether oxygens (including phenoxy) is 2. The van der Waals surface area contributed by atoms with Crippen LogP contribution >= 0.6 is 0 Å². The molecule has 0 unspecified atom stereocenters. The Morgan fingerprint density at radius 2 is 1.82 bits per heavy atom. The van der Waals surface area contributed by atoms with Crippen LogP contribution in [0.5, 0.6) is 5.75 Å². The summed E-state index contributed by atoms with van der Waals surface area (Å²) in [7, 11) is 1.66. The van der Waals surface area contributed by atoms with Crippen LogP contribution in [0.25, 0.3) is 0 Å². The van der Waals surface area contributed by atoms with Crippen molar-refractivity contribution in [3.05, 3.63) is 24.3 Å². The van der Waals surface area contributed by atoms with Crippen molar-refractivity contribution in [3.8, 4) is 5.75 Å². The first kappa shape index (κ1) is 21.1. The molecule has 1 aliphatic heterocycles. The van der Waals surface area contributed by atoms with Crippen LogP contribution in [0.1, 0.15) is 64.7 Å². The summed E-state index contributed by atoms with van der Waals surface area (Å²) in [4.78, 5) is 15.4. The third-order valence-corrected chi connectivity index (χ3v) is 6.42. The molecule has 2 fully saturated rings. The lowest BCUT2D eigenvalue weighted by atomic mass is 9.93. The lowest BCUT2D eigenvalue weighted by Gasteiger charge is -2.33. The molecule has 0 spiro atoms. The standard InChI is InChI=1S/C23H36N2O3/c1-19-9-5-8-16-25(19)17-18-28-21-12-10-20(11-13-21)24-22(26)23(27-2)14-6-3-4-7-15-23/h10-13,19H,3-9,14-18H2,1-2H3,(H,24,26)/t19-/m0/s1. The number of nitrogens with zero attached hydrogens (tertiary/aromatic N) is 1. The van der Waals surface area contributed by atoms with Gasteiger partial charge in [-0.3, -0.25) is 9.69 Å². The molecule has 1 aliphatic carbocycles. The van der Waals surface area contributed by atoms with Crippen LogP contribution in [0.4, 0.5) is 5.69 Å². The SMILES string of the molecule is COC1(C(=O)Nc2ccc(OCCN3CCCC[C@@H]3C)cc2)CCCCCC1. The van der Waals surface area contributed by atoms with Crippen molar-refractivity contribution in [1.29, 1.82) is 0 Å². The zero-order valence-electron chi connectivity index (χ0n) is 17.5. The Labute approximate surface area is 169 Å². The van der Waals surface area contributed by atoms with Gasteiger partial charge in [0.05, 0.1) is 0 Å². The minimum atomic E-state index is -0.684. The number of carbonyl (C=O) groups excluding carboxylic acids is 1. The van der Waals surface area contributed by atoms with Crippen LogP contribution in [-0.2, 0) is 9.53 Å². The first-order chi connectivity index (χ1) is 13.6. The third-order valence-electron chi connectivity index (χ3n) is 6.42. The number of rotatable bonds is 7. The number of amides is 1. The third kappa shape index (κ3) is 5.48. The van der Waals surface area contributed by atoms with Gasteiger partial charge in [-0.25, -0.2) is 0 Å². The molecule has 1 atom stereocenters. The number of anilines is 1. The molecule has 1 N–H and O–H groups in total. The van der Waals surface area contributed by atoms with Crippen LogP contribution in [-0.4, -0.2) is 49.3 Å². The van der Waals surface area contributed by atoms with Gasteiger partial charge in [0, 0.05) is 25.4 Å². The molecule has 0 bridgehead atoms. The fourth-order valence-corrected chi connectivity index (χ4v) is 4.47. The zero-order chi connectivity index (χ0) is 19.8. The van der Waals surface area contributed by atoms with Crippen molar-refractivity contribution in [2.75, 3.05) is 32.1 Å². The molecule has 1 aromatic carbocycles. The Kier molecular flexibility index (Phi) is 7.74. The summed E-state index contributed by atoms with van der Waals surface area (Å²) in [5, 5.41) is 3.04. The Morgan fingerprint density at radius 1 is 1.11 bits per heavy atom. The van der Waals surface area contributed by atoms with Crippen LogP contribution in [0.2, 0.25) is 0 Å². The van der Waals surface area contributed by atoms with E-state index in [1.165, 1.54) is 38.6 Å². The van der Waals surface area contributed by atoms with E-state index in [-0.39, 0.29) is 5.91 Å². The normalized spacial score (nSPS) is 23.0. The second-order valence-electron chi connectivity index (χ2n) is 8.32. The lowest BCUT2D eigenvalue weighted by Crippen LogP contribution is -2.44. The maximum absolute atomic E-state index is 12.9. The summed E-state index contributed by atoms with van der Waals surface area (Å²) in [6.07, 6.45) is 9.97. The molecule has 28 heavy (non-hydrogen) atoms. The Bertz CT molecular complexity index is 609. The van der Waals surface area contributed by atoms with E-state index in [1.54, 1.807) is 7.11 Å². The first-order valence-corrected chi connectivity index (χ1v) is 11.0. The summed E-state index contributed by atoms with van der Waals surface area (Å²) in [6.45, 7) is 5.15. The minimum Gasteiger partial charge on any atom is -0.492 e. The van der Waals surface area contributed by atoms with E-state index in [1.807, 2.05) is 24.3 Å². The number of methoxy groups -OCH3 is 1. The maximum atomic E-state index is 12.9. The summed E-state index contributed by atoms with van der Waals surface area (Å²) in [5.74, 6) is 0.822. The minimum absolute atomic E-state index is 0.0235. The van der Waals surface area contributed by atoms with Crippen LogP contribution in [0.3, 0.4) is 0 Å². The van der Waals surface area contributed by atoms with Crippen LogP contribution in [0.15, 0.2) is 24.3 Å². The van der Waals surface area contributed by atoms with Gasteiger partial charge in [-0.1, -0.05) is 32.1 Å². The predicted octanol–water partition coefficient (Wildman–Crippen LogP) is 4.62. The van der Waals surface area contributed by atoms with Gasteiger partial charge in [-0.15, -0.1) is 0 Å². The van der Waals surface area contributed by atoms with Crippen molar-refractivity contribution in [1.82, 2.24) is 4.90 Å².